The molecule has 3 aromatic rings. The Morgan fingerprint density at radius 2 is 2.00 bits per heavy atom. The van der Waals surface area contributed by atoms with Gasteiger partial charge in [-0.2, -0.15) is 0 Å². The SMILES string of the molecule is CCc1ccc(-c2nc(CSc3nncs3)cs2)cc1. The average Bonchev–Trinajstić information content (AvgIpc) is 3.17. The van der Waals surface area contributed by atoms with Crippen LogP contribution in [0.25, 0.3) is 10.6 Å². The minimum atomic E-state index is 0.846. The van der Waals surface area contributed by atoms with E-state index in [0.717, 1.165) is 27.2 Å². The van der Waals surface area contributed by atoms with Gasteiger partial charge in [0.05, 0.1) is 5.69 Å². The molecular formula is C14H13N3S3. The Balaban J connectivity index is 1.69. The van der Waals surface area contributed by atoms with Crippen LogP contribution in [-0.4, -0.2) is 15.2 Å². The van der Waals surface area contributed by atoms with Crippen molar-refractivity contribution in [2.75, 3.05) is 0 Å². The van der Waals surface area contributed by atoms with Gasteiger partial charge in [0.25, 0.3) is 0 Å². The van der Waals surface area contributed by atoms with Crippen LogP contribution in [0.3, 0.4) is 0 Å². The highest BCUT2D eigenvalue weighted by Gasteiger charge is 2.06. The molecule has 0 aliphatic carbocycles. The van der Waals surface area contributed by atoms with Crippen LogP contribution in [0.15, 0.2) is 39.5 Å². The van der Waals surface area contributed by atoms with Crippen molar-refractivity contribution < 1.29 is 0 Å². The number of aryl methyl sites for hydroxylation is 1. The number of aromatic nitrogens is 3. The zero-order valence-corrected chi connectivity index (χ0v) is 13.4. The number of benzene rings is 1. The molecule has 0 atom stereocenters. The van der Waals surface area contributed by atoms with Gasteiger partial charge >= 0.3 is 0 Å². The van der Waals surface area contributed by atoms with Gasteiger partial charge in [0.2, 0.25) is 0 Å². The van der Waals surface area contributed by atoms with E-state index in [4.69, 9.17) is 0 Å². The van der Waals surface area contributed by atoms with E-state index in [1.165, 1.54) is 11.1 Å². The van der Waals surface area contributed by atoms with E-state index in [1.54, 1.807) is 39.9 Å². The fraction of sp³-hybridized carbons (Fsp3) is 0.214. The normalized spacial score (nSPS) is 10.8. The maximum atomic E-state index is 4.69. The van der Waals surface area contributed by atoms with Gasteiger partial charge < -0.3 is 0 Å². The van der Waals surface area contributed by atoms with Crippen LogP contribution in [0.4, 0.5) is 0 Å². The van der Waals surface area contributed by atoms with E-state index < -0.39 is 0 Å². The molecule has 3 nitrogen and oxygen atoms in total. The average molecular weight is 319 g/mol. The fourth-order valence-corrected chi connectivity index (χ4v) is 4.06. The largest absolute Gasteiger partial charge is 0.240 e. The summed E-state index contributed by atoms with van der Waals surface area (Å²) in [6.45, 7) is 2.17. The van der Waals surface area contributed by atoms with Gasteiger partial charge in [-0.25, -0.2) is 4.98 Å². The van der Waals surface area contributed by atoms with E-state index in [2.05, 4.69) is 51.8 Å². The highest BCUT2D eigenvalue weighted by Crippen LogP contribution is 2.28. The summed E-state index contributed by atoms with van der Waals surface area (Å²) < 4.78 is 0.992. The molecule has 0 amide bonds. The van der Waals surface area contributed by atoms with Gasteiger partial charge in [-0.05, 0) is 12.0 Å². The molecule has 3 rings (SSSR count). The van der Waals surface area contributed by atoms with Gasteiger partial charge in [-0.3, -0.25) is 0 Å². The van der Waals surface area contributed by atoms with Crippen LogP contribution in [0.1, 0.15) is 18.2 Å². The van der Waals surface area contributed by atoms with E-state index >= 15 is 0 Å². The van der Waals surface area contributed by atoms with E-state index in [1.807, 2.05) is 0 Å². The summed E-state index contributed by atoms with van der Waals surface area (Å²) in [5.74, 6) is 0.846. The third kappa shape index (κ3) is 3.26. The van der Waals surface area contributed by atoms with Crippen molar-refractivity contribution >= 4 is 34.4 Å². The predicted octanol–water partition coefficient (Wildman–Crippen LogP) is 4.52. The molecule has 0 bridgehead atoms. The van der Waals surface area contributed by atoms with Crippen molar-refractivity contribution in [3.63, 3.8) is 0 Å². The summed E-state index contributed by atoms with van der Waals surface area (Å²) >= 11 is 4.95. The summed E-state index contributed by atoms with van der Waals surface area (Å²) in [4.78, 5) is 4.69. The Morgan fingerprint density at radius 1 is 1.15 bits per heavy atom. The quantitative estimate of drug-likeness (QED) is 0.648. The second-order valence-electron chi connectivity index (χ2n) is 4.19. The summed E-state index contributed by atoms with van der Waals surface area (Å²) in [5.41, 5.74) is 5.41. The number of thiazole rings is 1. The molecule has 6 heteroatoms. The molecule has 2 aromatic heterocycles. The number of nitrogens with zero attached hydrogens (tertiary/aromatic N) is 3. The lowest BCUT2D eigenvalue weighted by Crippen LogP contribution is -1.83. The van der Waals surface area contributed by atoms with E-state index in [9.17, 15) is 0 Å². The smallest absolute Gasteiger partial charge is 0.174 e. The maximum absolute atomic E-state index is 4.69. The summed E-state index contributed by atoms with van der Waals surface area (Å²) in [7, 11) is 0. The molecule has 0 unspecified atom stereocenters. The number of hydrogen-bond donors (Lipinski definition) is 0. The fourth-order valence-electron chi connectivity index (χ4n) is 1.75. The van der Waals surface area contributed by atoms with Gasteiger partial charge in [0.1, 0.15) is 10.5 Å². The topological polar surface area (TPSA) is 38.7 Å². The van der Waals surface area contributed by atoms with E-state index in [-0.39, 0.29) is 0 Å². The standard InChI is InChI=1S/C14H13N3S3/c1-2-10-3-5-11(6-4-10)13-16-12(7-18-13)8-19-14-17-15-9-20-14/h3-7,9H,2,8H2,1H3. The second kappa shape index (κ2) is 6.47. The van der Waals surface area contributed by atoms with Crippen molar-refractivity contribution in [1.82, 2.24) is 15.2 Å². The van der Waals surface area contributed by atoms with Crippen LogP contribution in [-0.2, 0) is 12.2 Å². The Bertz CT molecular complexity index is 659. The molecular weight excluding hydrogens is 306 g/mol. The number of rotatable bonds is 5. The highest BCUT2D eigenvalue weighted by molar-refractivity contribution is 8.00. The van der Waals surface area contributed by atoms with Crippen LogP contribution in [0, 0.1) is 0 Å². The first-order chi connectivity index (χ1) is 9.85. The van der Waals surface area contributed by atoms with Crippen LogP contribution in [0.5, 0.6) is 0 Å². The Hall–Kier alpha value is -1.24. The molecule has 102 valence electrons. The van der Waals surface area contributed by atoms with Crippen molar-refractivity contribution in [2.45, 2.75) is 23.4 Å². The van der Waals surface area contributed by atoms with Gasteiger partial charge in [-0.1, -0.05) is 54.3 Å². The Kier molecular flexibility index (Phi) is 4.44. The molecule has 1 aromatic carbocycles. The Morgan fingerprint density at radius 3 is 2.70 bits per heavy atom. The minimum absolute atomic E-state index is 0.846. The molecule has 0 fully saturated rings. The Labute approximate surface area is 130 Å². The lowest BCUT2D eigenvalue weighted by Gasteiger charge is -1.99. The van der Waals surface area contributed by atoms with Crippen LogP contribution < -0.4 is 0 Å². The first kappa shape index (κ1) is 13.7. The molecule has 20 heavy (non-hydrogen) atoms. The highest BCUT2D eigenvalue weighted by atomic mass is 32.2. The summed E-state index contributed by atoms with van der Waals surface area (Å²) in [6, 6.07) is 8.65. The number of thioether (sulfide) groups is 1. The lowest BCUT2D eigenvalue weighted by molar-refractivity contribution is 1.01. The maximum Gasteiger partial charge on any atom is 0.174 e. The third-order valence-electron chi connectivity index (χ3n) is 2.84. The third-order valence-corrected chi connectivity index (χ3v) is 5.68. The molecule has 0 aliphatic heterocycles. The summed E-state index contributed by atoms with van der Waals surface area (Å²) in [5, 5.41) is 11.1. The van der Waals surface area contributed by atoms with Gasteiger partial charge in [0.15, 0.2) is 4.34 Å². The molecule has 2 heterocycles. The number of hydrogen-bond acceptors (Lipinski definition) is 6. The zero-order valence-electron chi connectivity index (χ0n) is 10.9. The molecule has 0 N–H and O–H groups in total. The molecule has 0 saturated carbocycles. The molecule has 0 radical (unpaired) electrons. The van der Waals surface area contributed by atoms with Crippen molar-refractivity contribution in [3.8, 4) is 10.6 Å². The first-order valence-corrected chi connectivity index (χ1v) is 9.02. The van der Waals surface area contributed by atoms with Crippen LogP contribution >= 0.6 is 34.4 Å². The van der Waals surface area contributed by atoms with Gasteiger partial charge in [0, 0.05) is 16.7 Å². The minimum Gasteiger partial charge on any atom is -0.240 e. The molecule has 0 aliphatic rings. The lowest BCUT2D eigenvalue weighted by atomic mass is 10.1. The van der Waals surface area contributed by atoms with Crippen molar-refractivity contribution in [2.24, 2.45) is 0 Å². The first-order valence-electron chi connectivity index (χ1n) is 6.28. The molecule has 0 spiro atoms. The van der Waals surface area contributed by atoms with Gasteiger partial charge in [-0.15, -0.1) is 21.5 Å². The van der Waals surface area contributed by atoms with Crippen molar-refractivity contribution in [3.05, 3.63) is 46.4 Å². The molecule has 0 saturated heterocycles. The zero-order chi connectivity index (χ0) is 13.8. The predicted molar refractivity (Wildman–Crippen MR) is 86.4 cm³/mol. The van der Waals surface area contributed by atoms with Crippen LogP contribution in [0.2, 0.25) is 0 Å². The monoisotopic (exact) mass is 319 g/mol. The van der Waals surface area contributed by atoms with E-state index in [0.29, 0.717) is 0 Å². The van der Waals surface area contributed by atoms with Crippen molar-refractivity contribution in [1.29, 1.82) is 0 Å². The second-order valence-corrected chi connectivity index (χ2v) is 7.10. The summed E-state index contributed by atoms with van der Waals surface area (Å²) in [6.07, 6.45) is 1.07.